The average Bonchev–Trinajstić information content (AvgIpc) is 2.75. The Morgan fingerprint density at radius 3 is 2.79 bits per heavy atom. The summed E-state index contributed by atoms with van der Waals surface area (Å²) in [5.74, 6) is 0. The van der Waals surface area contributed by atoms with Crippen molar-refractivity contribution in [2.24, 2.45) is 0 Å². The minimum atomic E-state index is 0.482. The van der Waals surface area contributed by atoms with Crippen molar-refractivity contribution in [1.82, 2.24) is 10.2 Å². The molecule has 2 fully saturated rings. The van der Waals surface area contributed by atoms with Gasteiger partial charge in [-0.2, -0.15) is 0 Å². The molecule has 3 unspecified atom stereocenters. The van der Waals surface area contributed by atoms with Crippen molar-refractivity contribution in [1.29, 1.82) is 0 Å². The standard InChI is InChI=1S/C11H22N2O/c1-9-3-4-11(14-9)8-13(2)10-5-6-12-7-10/h9-12H,3-8H2,1-2H3. The number of rotatable bonds is 3. The van der Waals surface area contributed by atoms with Gasteiger partial charge in [0, 0.05) is 19.1 Å². The Bertz CT molecular complexity index is 180. The van der Waals surface area contributed by atoms with Gasteiger partial charge in [0.25, 0.3) is 0 Å². The van der Waals surface area contributed by atoms with Crippen molar-refractivity contribution in [3.05, 3.63) is 0 Å². The quantitative estimate of drug-likeness (QED) is 0.727. The van der Waals surface area contributed by atoms with Crippen molar-refractivity contribution >= 4 is 0 Å². The minimum absolute atomic E-state index is 0.482. The monoisotopic (exact) mass is 198 g/mol. The smallest absolute Gasteiger partial charge is 0.0706 e. The van der Waals surface area contributed by atoms with Crippen molar-refractivity contribution in [2.75, 3.05) is 26.7 Å². The van der Waals surface area contributed by atoms with Gasteiger partial charge in [0.2, 0.25) is 0 Å². The molecule has 2 saturated heterocycles. The van der Waals surface area contributed by atoms with Gasteiger partial charge in [0.05, 0.1) is 12.2 Å². The second-order valence-corrected chi connectivity index (χ2v) is 4.73. The molecule has 0 aromatic heterocycles. The first-order valence-electron chi connectivity index (χ1n) is 5.82. The fourth-order valence-corrected chi connectivity index (χ4v) is 2.51. The topological polar surface area (TPSA) is 24.5 Å². The SMILES string of the molecule is CC1CCC(CN(C)C2CCNC2)O1. The van der Waals surface area contributed by atoms with Crippen molar-refractivity contribution in [3.63, 3.8) is 0 Å². The summed E-state index contributed by atoms with van der Waals surface area (Å²) in [6.45, 7) is 5.61. The summed E-state index contributed by atoms with van der Waals surface area (Å²) in [5.41, 5.74) is 0. The highest BCUT2D eigenvalue weighted by molar-refractivity contribution is 4.82. The molecule has 1 N–H and O–H groups in total. The molecule has 3 nitrogen and oxygen atoms in total. The maximum absolute atomic E-state index is 5.83. The van der Waals surface area contributed by atoms with E-state index < -0.39 is 0 Å². The number of nitrogens with zero attached hydrogens (tertiary/aromatic N) is 1. The Labute approximate surface area is 86.8 Å². The normalized spacial score (nSPS) is 38.4. The maximum Gasteiger partial charge on any atom is 0.0706 e. The van der Waals surface area contributed by atoms with Crippen LogP contribution in [0.25, 0.3) is 0 Å². The summed E-state index contributed by atoms with van der Waals surface area (Å²) in [6.07, 6.45) is 4.73. The van der Waals surface area contributed by atoms with E-state index in [1.54, 1.807) is 0 Å². The lowest BCUT2D eigenvalue weighted by Crippen LogP contribution is -2.38. The van der Waals surface area contributed by atoms with Gasteiger partial charge in [-0.3, -0.25) is 4.90 Å². The highest BCUT2D eigenvalue weighted by atomic mass is 16.5. The molecule has 0 saturated carbocycles. The predicted molar refractivity (Wildman–Crippen MR) is 57.5 cm³/mol. The van der Waals surface area contributed by atoms with E-state index in [2.05, 4.69) is 24.2 Å². The number of nitrogens with one attached hydrogen (secondary N) is 1. The summed E-state index contributed by atoms with van der Waals surface area (Å²) in [4.78, 5) is 2.46. The van der Waals surface area contributed by atoms with Gasteiger partial charge >= 0.3 is 0 Å². The Morgan fingerprint density at radius 2 is 2.21 bits per heavy atom. The van der Waals surface area contributed by atoms with E-state index in [4.69, 9.17) is 4.74 Å². The average molecular weight is 198 g/mol. The number of hydrogen-bond donors (Lipinski definition) is 1. The van der Waals surface area contributed by atoms with Crippen LogP contribution in [0.3, 0.4) is 0 Å². The zero-order valence-corrected chi connectivity index (χ0v) is 9.33. The fraction of sp³-hybridized carbons (Fsp3) is 1.00. The van der Waals surface area contributed by atoms with Gasteiger partial charge in [-0.15, -0.1) is 0 Å². The lowest BCUT2D eigenvalue weighted by Gasteiger charge is -2.26. The van der Waals surface area contributed by atoms with Crippen LogP contribution in [0, 0.1) is 0 Å². The molecule has 3 atom stereocenters. The highest BCUT2D eigenvalue weighted by Crippen LogP contribution is 2.20. The molecule has 0 spiro atoms. The first kappa shape index (κ1) is 10.4. The van der Waals surface area contributed by atoms with Crippen LogP contribution in [0.15, 0.2) is 0 Å². The molecule has 14 heavy (non-hydrogen) atoms. The van der Waals surface area contributed by atoms with Crippen molar-refractivity contribution < 1.29 is 4.74 Å². The summed E-state index contributed by atoms with van der Waals surface area (Å²) < 4.78 is 5.83. The molecule has 0 amide bonds. The lowest BCUT2D eigenvalue weighted by atomic mass is 10.1. The molecular formula is C11H22N2O. The maximum atomic E-state index is 5.83. The van der Waals surface area contributed by atoms with Gasteiger partial charge in [0.1, 0.15) is 0 Å². The molecule has 0 radical (unpaired) electrons. The van der Waals surface area contributed by atoms with Crippen LogP contribution in [0.4, 0.5) is 0 Å². The van der Waals surface area contributed by atoms with Gasteiger partial charge < -0.3 is 10.1 Å². The Kier molecular flexibility index (Phi) is 3.42. The minimum Gasteiger partial charge on any atom is -0.374 e. The third-order valence-corrected chi connectivity index (χ3v) is 3.47. The van der Waals surface area contributed by atoms with E-state index in [1.807, 2.05) is 0 Å². The van der Waals surface area contributed by atoms with E-state index in [9.17, 15) is 0 Å². The third-order valence-electron chi connectivity index (χ3n) is 3.47. The van der Waals surface area contributed by atoms with Gasteiger partial charge in [0.15, 0.2) is 0 Å². The Balaban J connectivity index is 1.73. The zero-order valence-electron chi connectivity index (χ0n) is 9.33. The Morgan fingerprint density at radius 1 is 1.36 bits per heavy atom. The van der Waals surface area contributed by atoms with Crippen LogP contribution in [0.1, 0.15) is 26.2 Å². The molecule has 3 heteroatoms. The van der Waals surface area contributed by atoms with E-state index >= 15 is 0 Å². The molecule has 2 heterocycles. The highest BCUT2D eigenvalue weighted by Gasteiger charge is 2.26. The van der Waals surface area contributed by atoms with Crippen LogP contribution in [0.2, 0.25) is 0 Å². The molecule has 0 aliphatic carbocycles. The summed E-state index contributed by atoms with van der Waals surface area (Å²) >= 11 is 0. The second kappa shape index (κ2) is 4.60. The van der Waals surface area contributed by atoms with E-state index in [0.29, 0.717) is 12.2 Å². The number of hydrogen-bond acceptors (Lipinski definition) is 3. The van der Waals surface area contributed by atoms with Crippen molar-refractivity contribution in [2.45, 2.75) is 44.4 Å². The number of ether oxygens (including phenoxy) is 1. The first-order valence-corrected chi connectivity index (χ1v) is 5.82. The number of likely N-dealkylation sites (N-methyl/N-ethyl adjacent to an activating group) is 1. The van der Waals surface area contributed by atoms with Crippen LogP contribution in [0.5, 0.6) is 0 Å². The molecule has 2 aliphatic rings. The van der Waals surface area contributed by atoms with E-state index in [0.717, 1.165) is 19.1 Å². The zero-order chi connectivity index (χ0) is 9.97. The third kappa shape index (κ3) is 2.47. The van der Waals surface area contributed by atoms with Gasteiger partial charge in [-0.1, -0.05) is 0 Å². The predicted octanol–water partition coefficient (Wildman–Crippen LogP) is 0.848. The summed E-state index contributed by atoms with van der Waals surface area (Å²) in [5, 5.41) is 3.40. The molecule has 0 bridgehead atoms. The van der Waals surface area contributed by atoms with E-state index in [1.165, 1.54) is 25.8 Å². The molecule has 2 aliphatic heterocycles. The summed E-state index contributed by atoms with van der Waals surface area (Å²) in [6, 6.07) is 0.731. The van der Waals surface area contributed by atoms with E-state index in [-0.39, 0.29) is 0 Å². The van der Waals surface area contributed by atoms with Crippen LogP contribution in [-0.2, 0) is 4.74 Å². The molecule has 2 rings (SSSR count). The first-order chi connectivity index (χ1) is 6.75. The molecule has 0 aromatic carbocycles. The van der Waals surface area contributed by atoms with Gasteiger partial charge in [-0.05, 0) is 39.8 Å². The van der Waals surface area contributed by atoms with Crippen LogP contribution < -0.4 is 5.32 Å². The van der Waals surface area contributed by atoms with Crippen LogP contribution in [-0.4, -0.2) is 49.8 Å². The fourth-order valence-electron chi connectivity index (χ4n) is 2.51. The lowest BCUT2D eigenvalue weighted by molar-refractivity contribution is 0.0299. The Hall–Kier alpha value is -0.120. The molecule has 0 aromatic rings. The second-order valence-electron chi connectivity index (χ2n) is 4.73. The summed E-state index contributed by atoms with van der Waals surface area (Å²) in [7, 11) is 2.23. The largest absolute Gasteiger partial charge is 0.374 e. The van der Waals surface area contributed by atoms with Crippen molar-refractivity contribution in [3.8, 4) is 0 Å². The van der Waals surface area contributed by atoms with Gasteiger partial charge in [-0.25, -0.2) is 0 Å². The van der Waals surface area contributed by atoms with Crippen LogP contribution >= 0.6 is 0 Å². The molecule has 82 valence electrons. The molecular weight excluding hydrogens is 176 g/mol.